The zero-order chi connectivity index (χ0) is 21.4. The number of hydrogen-bond acceptors (Lipinski definition) is 6. The molecule has 1 fully saturated rings. The Hall–Kier alpha value is -2.17. The van der Waals surface area contributed by atoms with Crippen LogP contribution in [0, 0.1) is 0 Å². The van der Waals surface area contributed by atoms with Gasteiger partial charge in [0.15, 0.2) is 0 Å². The van der Waals surface area contributed by atoms with Crippen LogP contribution in [-0.4, -0.2) is 82.9 Å². The summed E-state index contributed by atoms with van der Waals surface area (Å²) in [5.41, 5.74) is 0. The highest BCUT2D eigenvalue weighted by molar-refractivity contribution is 7.89. The summed E-state index contributed by atoms with van der Waals surface area (Å²) >= 11 is 0. The number of methoxy groups -OCH3 is 1. The molecule has 10 heteroatoms. The van der Waals surface area contributed by atoms with Crippen molar-refractivity contribution in [3.8, 4) is 5.75 Å². The van der Waals surface area contributed by atoms with Gasteiger partial charge in [-0.2, -0.15) is 4.31 Å². The molecular formula is C19H30N4O5S. The summed E-state index contributed by atoms with van der Waals surface area (Å²) in [5, 5.41) is 5.13. The molecule has 2 N–H and O–H groups in total. The van der Waals surface area contributed by atoms with Crippen molar-refractivity contribution in [3.63, 3.8) is 0 Å². The van der Waals surface area contributed by atoms with E-state index in [0.29, 0.717) is 31.7 Å². The Kier molecular flexibility index (Phi) is 8.42. The molecule has 0 aliphatic carbocycles. The first-order valence-electron chi connectivity index (χ1n) is 9.62. The fourth-order valence-corrected chi connectivity index (χ4v) is 4.87. The number of amides is 2. The molecule has 1 saturated heterocycles. The number of ether oxygens (including phenoxy) is 1. The molecule has 1 aliphatic heterocycles. The van der Waals surface area contributed by atoms with Crippen LogP contribution < -0.4 is 15.4 Å². The number of sulfonamides is 1. The molecule has 1 aromatic carbocycles. The van der Waals surface area contributed by atoms with Crippen LogP contribution >= 0.6 is 0 Å². The van der Waals surface area contributed by atoms with Crippen LogP contribution in [0.25, 0.3) is 0 Å². The monoisotopic (exact) mass is 426 g/mol. The van der Waals surface area contributed by atoms with E-state index >= 15 is 0 Å². The SMILES string of the molecule is COc1ccc(S(=O)(=O)N2CCC[C@@H]2CNC(=O)C(=O)NCCCN(C)C)cc1. The first-order chi connectivity index (χ1) is 13.8. The van der Waals surface area contributed by atoms with E-state index in [4.69, 9.17) is 4.74 Å². The minimum absolute atomic E-state index is 0.0966. The molecule has 0 spiro atoms. The molecule has 9 nitrogen and oxygen atoms in total. The highest BCUT2D eigenvalue weighted by Crippen LogP contribution is 2.26. The van der Waals surface area contributed by atoms with Crippen molar-refractivity contribution in [3.05, 3.63) is 24.3 Å². The summed E-state index contributed by atoms with van der Waals surface area (Å²) in [5.74, 6) is -0.874. The van der Waals surface area contributed by atoms with Gasteiger partial charge >= 0.3 is 11.8 Å². The van der Waals surface area contributed by atoms with E-state index in [0.717, 1.165) is 13.0 Å². The third kappa shape index (κ3) is 6.41. The molecule has 1 atom stereocenters. The second kappa shape index (κ2) is 10.6. The minimum Gasteiger partial charge on any atom is -0.497 e. The second-order valence-corrected chi connectivity index (χ2v) is 9.10. The number of carbonyl (C=O) groups excluding carboxylic acids is 2. The third-order valence-electron chi connectivity index (χ3n) is 4.76. The van der Waals surface area contributed by atoms with E-state index in [1.165, 1.54) is 23.5 Å². The lowest BCUT2D eigenvalue weighted by molar-refractivity contribution is -0.139. The highest BCUT2D eigenvalue weighted by atomic mass is 32.2. The Morgan fingerprint density at radius 2 is 1.83 bits per heavy atom. The molecule has 0 unspecified atom stereocenters. The Morgan fingerprint density at radius 1 is 1.17 bits per heavy atom. The van der Waals surface area contributed by atoms with Gasteiger partial charge in [0.05, 0.1) is 12.0 Å². The maximum absolute atomic E-state index is 12.9. The Morgan fingerprint density at radius 3 is 2.45 bits per heavy atom. The lowest BCUT2D eigenvalue weighted by atomic mass is 10.2. The van der Waals surface area contributed by atoms with Crippen LogP contribution in [0.15, 0.2) is 29.2 Å². The van der Waals surface area contributed by atoms with Gasteiger partial charge in [-0.25, -0.2) is 8.42 Å². The molecule has 0 saturated carbocycles. The zero-order valence-corrected chi connectivity index (χ0v) is 18.0. The fourth-order valence-electron chi connectivity index (χ4n) is 3.18. The average molecular weight is 427 g/mol. The third-order valence-corrected chi connectivity index (χ3v) is 6.73. The summed E-state index contributed by atoms with van der Waals surface area (Å²) in [7, 11) is 1.69. The standard InChI is InChI=1S/C19H30N4O5S/c1-22(2)12-5-11-20-18(24)19(25)21-14-15-6-4-13-23(15)29(26,27)17-9-7-16(28-3)8-10-17/h7-10,15H,4-6,11-14H2,1-3H3,(H,20,24)(H,21,25)/t15-/m1/s1. The van der Waals surface area contributed by atoms with Gasteiger partial charge in [-0.05, 0) is 64.2 Å². The van der Waals surface area contributed by atoms with E-state index in [2.05, 4.69) is 10.6 Å². The van der Waals surface area contributed by atoms with Gasteiger partial charge in [0.2, 0.25) is 10.0 Å². The summed E-state index contributed by atoms with van der Waals surface area (Å²) in [6.07, 6.45) is 2.06. The zero-order valence-electron chi connectivity index (χ0n) is 17.2. The molecule has 2 amide bonds. The van der Waals surface area contributed by atoms with E-state index in [1.54, 1.807) is 12.1 Å². The summed E-state index contributed by atoms with van der Waals surface area (Å²) in [6, 6.07) is 5.82. The summed E-state index contributed by atoms with van der Waals surface area (Å²) in [4.78, 5) is 26.0. The molecule has 1 aromatic rings. The lowest BCUT2D eigenvalue weighted by Gasteiger charge is -2.24. The van der Waals surface area contributed by atoms with Crippen molar-refractivity contribution >= 4 is 21.8 Å². The summed E-state index contributed by atoms with van der Waals surface area (Å²) in [6.45, 7) is 1.69. The van der Waals surface area contributed by atoms with Crippen molar-refractivity contribution in [2.75, 3.05) is 47.4 Å². The van der Waals surface area contributed by atoms with E-state index in [-0.39, 0.29) is 17.5 Å². The first kappa shape index (κ1) is 23.1. The van der Waals surface area contributed by atoms with Crippen molar-refractivity contribution < 1.29 is 22.7 Å². The van der Waals surface area contributed by atoms with Gasteiger partial charge in [-0.3, -0.25) is 9.59 Å². The van der Waals surface area contributed by atoms with E-state index in [9.17, 15) is 18.0 Å². The highest BCUT2D eigenvalue weighted by Gasteiger charge is 2.35. The van der Waals surface area contributed by atoms with Crippen LogP contribution in [0.3, 0.4) is 0 Å². The van der Waals surface area contributed by atoms with Crippen molar-refractivity contribution in [2.45, 2.75) is 30.2 Å². The predicted molar refractivity (Wildman–Crippen MR) is 109 cm³/mol. The predicted octanol–water partition coefficient (Wildman–Crippen LogP) is 0.0324. The van der Waals surface area contributed by atoms with Crippen LogP contribution in [0.5, 0.6) is 5.75 Å². The Labute approximate surface area is 172 Å². The van der Waals surface area contributed by atoms with Gasteiger partial charge in [-0.15, -0.1) is 0 Å². The molecule has 0 bridgehead atoms. The number of hydrogen-bond donors (Lipinski definition) is 2. The number of carbonyl (C=O) groups is 2. The smallest absolute Gasteiger partial charge is 0.309 e. The molecule has 2 rings (SSSR count). The number of rotatable bonds is 9. The van der Waals surface area contributed by atoms with Gasteiger partial charge in [-0.1, -0.05) is 0 Å². The average Bonchev–Trinajstić information content (AvgIpc) is 3.18. The number of nitrogens with zero attached hydrogens (tertiary/aromatic N) is 2. The van der Waals surface area contributed by atoms with E-state index < -0.39 is 21.8 Å². The number of benzene rings is 1. The second-order valence-electron chi connectivity index (χ2n) is 7.21. The van der Waals surface area contributed by atoms with Crippen LogP contribution in [0.2, 0.25) is 0 Å². The Balaban J connectivity index is 1.90. The van der Waals surface area contributed by atoms with Gasteiger partial charge in [0.1, 0.15) is 5.75 Å². The lowest BCUT2D eigenvalue weighted by Crippen LogP contribution is -2.47. The van der Waals surface area contributed by atoms with Crippen molar-refractivity contribution in [1.82, 2.24) is 19.8 Å². The van der Waals surface area contributed by atoms with Crippen molar-refractivity contribution in [1.29, 1.82) is 0 Å². The number of nitrogens with one attached hydrogen (secondary N) is 2. The van der Waals surface area contributed by atoms with Crippen LogP contribution in [-0.2, 0) is 19.6 Å². The van der Waals surface area contributed by atoms with Crippen LogP contribution in [0.4, 0.5) is 0 Å². The van der Waals surface area contributed by atoms with Gasteiger partial charge < -0.3 is 20.3 Å². The van der Waals surface area contributed by atoms with E-state index in [1.807, 2.05) is 19.0 Å². The Bertz CT molecular complexity index is 795. The topological polar surface area (TPSA) is 108 Å². The molecule has 0 aromatic heterocycles. The molecule has 1 aliphatic rings. The molecule has 1 heterocycles. The molecule has 0 radical (unpaired) electrons. The van der Waals surface area contributed by atoms with Crippen molar-refractivity contribution in [2.24, 2.45) is 0 Å². The fraction of sp³-hybridized carbons (Fsp3) is 0.579. The molecular weight excluding hydrogens is 396 g/mol. The van der Waals surface area contributed by atoms with Crippen LogP contribution in [0.1, 0.15) is 19.3 Å². The maximum Gasteiger partial charge on any atom is 0.309 e. The van der Waals surface area contributed by atoms with Gasteiger partial charge in [0, 0.05) is 25.7 Å². The minimum atomic E-state index is -3.69. The maximum atomic E-state index is 12.9. The van der Waals surface area contributed by atoms with Gasteiger partial charge in [0.25, 0.3) is 0 Å². The summed E-state index contributed by atoms with van der Waals surface area (Å²) < 4.78 is 32.3. The largest absolute Gasteiger partial charge is 0.497 e. The quantitative estimate of drug-likeness (QED) is 0.426. The first-order valence-corrected chi connectivity index (χ1v) is 11.1. The molecule has 29 heavy (non-hydrogen) atoms. The normalized spacial score (nSPS) is 17.3. The molecule has 162 valence electrons.